The molecule has 0 radical (unpaired) electrons. The largest absolute Gasteiger partial charge is 0.389 e. The first kappa shape index (κ1) is 14.5. The normalized spacial score (nSPS) is 28.7. The summed E-state index contributed by atoms with van der Waals surface area (Å²) in [6.07, 6.45) is 5.66. The van der Waals surface area contributed by atoms with E-state index in [-0.39, 0.29) is 0 Å². The van der Waals surface area contributed by atoms with Gasteiger partial charge in [0.25, 0.3) is 0 Å². The summed E-state index contributed by atoms with van der Waals surface area (Å²) in [7, 11) is 0. The van der Waals surface area contributed by atoms with Crippen LogP contribution in [-0.2, 0) is 6.42 Å². The van der Waals surface area contributed by atoms with Crippen LogP contribution in [0.5, 0.6) is 0 Å². The average Bonchev–Trinajstić information content (AvgIpc) is 2.44. The summed E-state index contributed by atoms with van der Waals surface area (Å²) < 4.78 is 0. The van der Waals surface area contributed by atoms with E-state index in [1.165, 1.54) is 10.9 Å². The Morgan fingerprint density at radius 3 is 2.71 bits per heavy atom. The topological polar surface area (TPSA) is 33.1 Å². The minimum Gasteiger partial charge on any atom is -0.389 e. The second kappa shape index (κ2) is 5.10. The average molecular weight is 283 g/mol. The number of para-hydroxylation sites is 1. The fourth-order valence-electron chi connectivity index (χ4n) is 3.82. The third kappa shape index (κ3) is 2.82. The Balaban J connectivity index is 1.91. The zero-order chi connectivity index (χ0) is 15.1. The Kier molecular flexibility index (Phi) is 3.53. The highest BCUT2D eigenvalue weighted by Crippen LogP contribution is 2.45. The summed E-state index contributed by atoms with van der Waals surface area (Å²) >= 11 is 0. The third-order valence-electron chi connectivity index (χ3n) is 5.25. The minimum atomic E-state index is -0.584. The van der Waals surface area contributed by atoms with Crippen LogP contribution in [0.3, 0.4) is 0 Å². The number of pyridine rings is 1. The molecule has 2 atom stereocenters. The van der Waals surface area contributed by atoms with Crippen LogP contribution in [0.2, 0.25) is 0 Å². The highest BCUT2D eigenvalue weighted by molar-refractivity contribution is 5.81. The number of aliphatic hydroxyl groups is 1. The summed E-state index contributed by atoms with van der Waals surface area (Å²) in [5.41, 5.74) is 2.00. The summed E-state index contributed by atoms with van der Waals surface area (Å²) in [6.45, 7) is 6.82. The number of hydrogen-bond donors (Lipinski definition) is 1. The lowest BCUT2D eigenvalue weighted by Gasteiger charge is -2.45. The maximum absolute atomic E-state index is 11.2. The van der Waals surface area contributed by atoms with Gasteiger partial charge in [0.1, 0.15) is 0 Å². The fraction of sp³-hybridized carbons (Fsp3) is 0.526. The first-order valence-corrected chi connectivity index (χ1v) is 7.95. The number of rotatable bonds is 2. The molecule has 1 fully saturated rings. The zero-order valence-electron chi connectivity index (χ0n) is 13.3. The molecule has 0 spiro atoms. The van der Waals surface area contributed by atoms with Gasteiger partial charge >= 0.3 is 0 Å². The van der Waals surface area contributed by atoms with Crippen LogP contribution < -0.4 is 0 Å². The number of benzene rings is 1. The van der Waals surface area contributed by atoms with Gasteiger partial charge in [-0.3, -0.25) is 4.98 Å². The van der Waals surface area contributed by atoms with E-state index < -0.39 is 5.60 Å². The molecule has 1 aliphatic rings. The van der Waals surface area contributed by atoms with E-state index in [9.17, 15) is 5.11 Å². The van der Waals surface area contributed by atoms with Crippen molar-refractivity contribution in [2.45, 2.75) is 52.1 Å². The lowest BCUT2D eigenvalue weighted by molar-refractivity contribution is -0.0702. The second-order valence-electron chi connectivity index (χ2n) is 7.54. The predicted molar refractivity (Wildman–Crippen MR) is 87.2 cm³/mol. The number of aromatic nitrogens is 1. The van der Waals surface area contributed by atoms with E-state index in [0.717, 1.165) is 31.2 Å². The van der Waals surface area contributed by atoms with Gasteiger partial charge in [-0.05, 0) is 48.3 Å². The van der Waals surface area contributed by atoms with E-state index in [4.69, 9.17) is 0 Å². The molecule has 1 aliphatic carbocycles. The summed E-state index contributed by atoms with van der Waals surface area (Å²) in [4.78, 5) is 4.42. The van der Waals surface area contributed by atoms with E-state index in [1.807, 2.05) is 24.4 Å². The maximum atomic E-state index is 11.2. The van der Waals surface area contributed by atoms with Crippen molar-refractivity contribution in [2.75, 3.05) is 0 Å². The van der Waals surface area contributed by atoms with Crippen molar-refractivity contribution in [3.05, 3.63) is 42.1 Å². The van der Waals surface area contributed by atoms with E-state index in [2.05, 4.69) is 37.9 Å². The molecule has 112 valence electrons. The predicted octanol–water partition coefficient (Wildman–Crippen LogP) is 4.35. The van der Waals surface area contributed by atoms with Gasteiger partial charge in [-0.15, -0.1) is 0 Å². The monoisotopic (exact) mass is 283 g/mol. The highest BCUT2D eigenvalue weighted by Gasteiger charge is 2.42. The number of nitrogens with zero attached hydrogens (tertiary/aromatic N) is 1. The van der Waals surface area contributed by atoms with Gasteiger partial charge in [-0.1, -0.05) is 39.0 Å². The zero-order valence-corrected chi connectivity index (χ0v) is 13.3. The van der Waals surface area contributed by atoms with Crippen LogP contribution in [0, 0.1) is 11.3 Å². The number of fused-ring (bicyclic) bond motifs is 1. The van der Waals surface area contributed by atoms with E-state index in [0.29, 0.717) is 11.3 Å². The molecule has 2 heteroatoms. The molecular formula is C19H25NO. The lowest BCUT2D eigenvalue weighted by atomic mass is 9.64. The SMILES string of the molecule is CC1CC(C)(C)CCC1(O)Cc1ccnc2ccccc12. The third-order valence-corrected chi connectivity index (χ3v) is 5.25. The smallest absolute Gasteiger partial charge is 0.0714 e. The van der Waals surface area contributed by atoms with Gasteiger partial charge in [0.2, 0.25) is 0 Å². The second-order valence-corrected chi connectivity index (χ2v) is 7.54. The Bertz CT molecular complexity index is 644. The molecule has 1 aromatic heterocycles. The van der Waals surface area contributed by atoms with E-state index >= 15 is 0 Å². The van der Waals surface area contributed by atoms with Crippen molar-refractivity contribution in [3.63, 3.8) is 0 Å². The first-order valence-electron chi connectivity index (χ1n) is 7.95. The molecule has 0 saturated heterocycles. The van der Waals surface area contributed by atoms with Crippen LogP contribution in [0.25, 0.3) is 10.9 Å². The Hall–Kier alpha value is -1.41. The molecule has 21 heavy (non-hydrogen) atoms. The van der Waals surface area contributed by atoms with Crippen LogP contribution in [0.1, 0.15) is 45.6 Å². The molecule has 1 heterocycles. The summed E-state index contributed by atoms with van der Waals surface area (Å²) in [6, 6.07) is 10.3. The van der Waals surface area contributed by atoms with Crippen LogP contribution in [0.4, 0.5) is 0 Å². The van der Waals surface area contributed by atoms with Crippen molar-refractivity contribution in [3.8, 4) is 0 Å². The van der Waals surface area contributed by atoms with Crippen molar-refractivity contribution in [1.82, 2.24) is 4.98 Å². The minimum absolute atomic E-state index is 0.327. The van der Waals surface area contributed by atoms with Crippen LogP contribution >= 0.6 is 0 Å². The van der Waals surface area contributed by atoms with Gasteiger partial charge in [0.05, 0.1) is 11.1 Å². The Labute approximate surface area is 127 Å². The van der Waals surface area contributed by atoms with Gasteiger partial charge in [0, 0.05) is 18.0 Å². The molecule has 0 aliphatic heterocycles. The van der Waals surface area contributed by atoms with Crippen molar-refractivity contribution < 1.29 is 5.11 Å². The van der Waals surface area contributed by atoms with Crippen LogP contribution in [-0.4, -0.2) is 15.7 Å². The standard InChI is InChI=1S/C19H25NO/c1-14-12-18(2,3)9-10-19(14,21)13-15-8-11-20-17-7-5-4-6-16(15)17/h4-8,11,14,21H,9-10,12-13H2,1-3H3. The molecule has 2 aromatic rings. The van der Waals surface area contributed by atoms with Crippen LogP contribution in [0.15, 0.2) is 36.5 Å². The van der Waals surface area contributed by atoms with Gasteiger partial charge in [0.15, 0.2) is 0 Å². The van der Waals surface area contributed by atoms with Gasteiger partial charge in [-0.2, -0.15) is 0 Å². The van der Waals surface area contributed by atoms with Gasteiger partial charge < -0.3 is 5.11 Å². The molecule has 1 aromatic carbocycles. The Morgan fingerprint density at radius 1 is 1.19 bits per heavy atom. The number of hydrogen-bond acceptors (Lipinski definition) is 2. The van der Waals surface area contributed by atoms with Crippen molar-refractivity contribution in [2.24, 2.45) is 11.3 Å². The maximum Gasteiger partial charge on any atom is 0.0714 e. The molecular weight excluding hydrogens is 258 g/mol. The molecule has 1 N–H and O–H groups in total. The Morgan fingerprint density at radius 2 is 1.95 bits per heavy atom. The fourth-order valence-corrected chi connectivity index (χ4v) is 3.82. The molecule has 2 nitrogen and oxygen atoms in total. The van der Waals surface area contributed by atoms with Crippen molar-refractivity contribution in [1.29, 1.82) is 0 Å². The van der Waals surface area contributed by atoms with E-state index in [1.54, 1.807) is 0 Å². The quantitative estimate of drug-likeness (QED) is 0.888. The summed E-state index contributed by atoms with van der Waals surface area (Å²) in [5.74, 6) is 0.327. The molecule has 1 saturated carbocycles. The lowest BCUT2D eigenvalue weighted by Crippen LogP contribution is -2.45. The molecule has 2 unspecified atom stereocenters. The van der Waals surface area contributed by atoms with Crippen molar-refractivity contribution >= 4 is 10.9 Å². The first-order chi connectivity index (χ1) is 9.90. The highest BCUT2D eigenvalue weighted by atomic mass is 16.3. The molecule has 0 amide bonds. The van der Waals surface area contributed by atoms with Gasteiger partial charge in [-0.25, -0.2) is 0 Å². The molecule has 0 bridgehead atoms. The summed E-state index contributed by atoms with van der Waals surface area (Å²) in [5, 5.41) is 12.3. The molecule has 3 rings (SSSR count).